The Hall–Kier alpha value is -1.62. The Labute approximate surface area is 109 Å². The van der Waals surface area contributed by atoms with Crippen molar-refractivity contribution >= 4 is 33.3 Å². The van der Waals surface area contributed by atoms with Crippen molar-refractivity contribution in [2.24, 2.45) is 0 Å². The Morgan fingerprint density at radius 1 is 1.12 bits per heavy atom. The molecule has 2 aromatic rings. The minimum atomic E-state index is 0.770. The molecular weight excluding hydrogens is 280 g/mol. The summed E-state index contributed by atoms with van der Waals surface area (Å²) >= 11 is 3.47. The second kappa shape index (κ2) is 5.14. The maximum atomic E-state index is 4.16. The lowest BCUT2D eigenvalue weighted by Crippen LogP contribution is -1.98. The van der Waals surface area contributed by atoms with Gasteiger partial charge in [-0.05, 0) is 30.7 Å². The first-order valence-electron chi connectivity index (χ1n) is 5.22. The smallest absolute Gasteiger partial charge is 0.135 e. The molecule has 0 spiro atoms. The third kappa shape index (κ3) is 2.94. The van der Waals surface area contributed by atoms with Gasteiger partial charge in [-0.25, -0.2) is 9.97 Å². The van der Waals surface area contributed by atoms with Gasteiger partial charge in [0.25, 0.3) is 0 Å². The maximum absolute atomic E-state index is 4.16. The van der Waals surface area contributed by atoms with Gasteiger partial charge in [0.1, 0.15) is 18.0 Å². The zero-order valence-electron chi connectivity index (χ0n) is 9.66. The fourth-order valence-corrected chi connectivity index (χ4v) is 1.68. The summed E-state index contributed by atoms with van der Waals surface area (Å²) in [7, 11) is 1.83. The summed E-state index contributed by atoms with van der Waals surface area (Å²) in [6.45, 7) is 2.05. The van der Waals surface area contributed by atoms with Crippen LogP contribution in [0.15, 0.2) is 35.1 Å². The van der Waals surface area contributed by atoms with Crippen LogP contribution in [0.25, 0.3) is 0 Å². The summed E-state index contributed by atoms with van der Waals surface area (Å²) in [5, 5.41) is 6.21. The highest BCUT2D eigenvalue weighted by atomic mass is 79.9. The molecule has 0 radical (unpaired) electrons. The first-order chi connectivity index (χ1) is 8.19. The van der Waals surface area contributed by atoms with Crippen LogP contribution in [-0.4, -0.2) is 17.0 Å². The number of anilines is 3. The first kappa shape index (κ1) is 11.9. The van der Waals surface area contributed by atoms with Gasteiger partial charge in [0.15, 0.2) is 0 Å². The van der Waals surface area contributed by atoms with Crippen LogP contribution in [0.3, 0.4) is 0 Å². The number of rotatable bonds is 3. The summed E-state index contributed by atoms with van der Waals surface area (Å²) in [6, 6.07) is 7.93. The minimum Gasteiger partial charge on any atom is -0.373 e. The fraction of sp³-hybridized carbons (Fsp3) is 0.167. The number of hydrogen-bond donors (Lipinski definition) is 2. The van der Waals surface area contributed by atoms with Gasteiger partial charge in [-0.15, -0.1) is 0 Å². The van der Waals surface area contributed by atoms with E-state index in [1.54, 1.807) is 0 Å². The van der Waals surface area contributed by atoms with E-state index >= 15 is 0 Å². The fourth-order valence-electron chi connectivity index (χ4n) is 1.43. The molecule has 4 nitrogen and oxygen atoms in total. The molecule has 5 heteroatoms. The van der Waals surface area contributed by atoms with E-state index in [9.17, 15) is 0 Å². The van der Waals surface area contributed by atoms with Gasteiger partial charge in [-0.1, -0.05) is 15.9 Å². The van der Waals surface area contributed by atoms with Crippen LogP contribution in [0.2, 0.25) is 0 Å². The Balaban J connectivity index is 2.22. The predicted octanol–water partition coefficient (Wildman–Crippen LogP) is 3.33. The third-order valence-corrected chi connectivity index (χ3v) is 3.24. The number of nitrogens with zero attached hydrogens (tertiary/aromatic N) is 2. The molecule has 1 heterocycles. The largest absolute Gasteiger partial charge is 0.373 e. The zero-order valence-corrected chi connectivity index (χ0v) is 11.2. The van der Waals surface area contributed by atoms with Crippen LogP contribution in [-0.2, 0) is 0 Å². The van der Waals surface area contributed by atoms with Crippen LogP contribution in [0.4, 0.5) is 17.3 Å². The third-order valence-electron chi connectivity index (χ3n) is 2.35. The quantitative estimate of drug-likeness (QED) is 0.911. The number of halogens is 1. The molecule has 0 saturated carbocycles. The van der Waals surface area contributed by atoms with Crippen LogP contribution in [0.5, 0.6) is 0 Å². The number of hydrogen-bond acceptors (Lipinski definition) is 4. The van der Waals surface area contributed by atoms with Crippen LogP contribution >= 0.6 is 15.9 Å². The van der Waals surface area contributed by atoms with Crippen molar-refractivity contribution in [3.05, 3.63) is 40.6 Å². The standard InChI is InChI=1S/C12H13BrN4/c1-8-5-9(3-4-10(8)13)17-12-6-11(14-2)15-7-16-12/h3-7H,1-2H3,(H2,14,15,16,17). The average molecular weight is 293 g/mol. The van der Waals surface area contributed by atoms with Crippen molar-refractivity contribution < 1.29 is 0 Å². The summed E-state index contributed by atoms with van der Waals surface area (Å²) in [5.41, 5.74) is 2.18. The summed E-state index contributed by atoms with van der Waals surface area (Å²) in [6.07, 6.45) is 1.53. The molecule has 0 unspecified atom stereocenters. The van der Waals surface area contributed by atoms with Crippen molar-refractivity contribution in [3.63, 3.8) is 0 Å². The first-order valence-corrected chi connectivity index (χ1v) is 6.01. The molecule has 1 aromatic carbocycles. The zero-order chi connectivity index (χ0) is 12.3. The van der Waals surface area contributed by atoms with Crippen LogP contribution in [0, 0.1) is 6.92 Å². The normalized spacial score (nSPS) is 10.1. The van der Waals surface area contributed by atoms with E-state index in [1.807, 2.05) is 32.2 Å². The lowest BCUT2D eigenvalue weighted by molar-refractivity contribution is 1.16. The molecule has 2 rings (SSSR count). The summed E-state index contributed by atoms with van der Waals surface area (Å²) in [5.74, 6) is 1.56. The predicted molar refractivity (Wildman–Crippen MR) is 73.7 cm³/mol. The molecule has 0 aliphatic carbocycles. The average Bonchev–Trinajstić information content (AvgIpc) is 2.34. The van der Waals surface area contributed by atoms with E-state index in [1.165, 1.54) is 11.9 Å². The van der Waals surface area contributed by atoms with Gasteiger partial charge in [0, 0.05) is 23.3 Å². The lowest BCUT2D eigenvalue weighted by atomic mass is 10.2. The molecule has 17 heavy (non-hydrogen) atoms. The van der Waals surface area contributed by atoms with E-state index in [4.69, 9.17) is 0 Å². The highest BCUT2D eigenvalue weighted by Crippen LogP contribution is 2.22. The van der Waals surface area contributed by atoms with Crippen molar-refractivity contribution in [2.45, 2.75) is 6.92 Å². The van der Waals surface area contributed by atoms with Gasteiger partial charge >= 0.3 is 0 Å². The van der Waals surface area contributed by atoms with Crippen LogP contribution in [0.1, 0.15) is 5.56 Å². The monoisotopic (exact) mass is 292 g/mol. The van der Waals surface area contributed by atoms with E-state index in [2.05, 4.69) is 42.6 Å². The number of aromatic nitrogens is 2. The van der Waals surface area contributed by atoms with E-state index in [0.717, 1.165) is 21.8 Å². The summed E-state index contributed by atoms with van der Waals surface area (Å²) < 4.78 is 1.10. The summed E-state index contributed by atoms with van der Waals surface area (Å²) in [4.78, 5) is 8.22. The van der Waals surface area contributed by atoms with Gasteiger partial charge in [0.05, 0.1) is 0 Å². The number of aryl methyl sites for hydroxylation is 1. The Morgan fingerprint density at radius 2 is 1.88 bits per heavy atom. The molecule has 0 fully saturated rings. The van der Waals surface area contributed by atoms with Gasteiger partial charge in [0.2, 0.25) is 0 Å². The van der Waals surface area contributed by atoms with E-state index in [-0.39, 0.29) is 0 Å². The molecule has 0 amide bonds. The van der Waals surface area contributed by atoms with Crippen molar-refractivity contribution in [2.75, 3.05) is 17.7 Å². The van der Waals surface area contributed by atoms with Crippen LogP contribution < -0.4 is 10.6 Å². The highest BCUT2D eigenvalue weighted by molar-refractivity contribution is 9.10. The second-order valence-corrected chi connectivity index (χ2v) is 4.48. The Morgan fingerprint density at radius 3 is 2.59 bits per heavy atom. The molecule has 88 valence electrons. The molecule has 0 bridgehead atoms. The molecule has 2 N–H and O–H groups in total. The van der Waals surface area contributed by atoms with Gasteiger partial charge in [-0.2, -0.15) is 0 Å². The molecule has 0 atom stereocenters. The van der Waals surface area contributed by atoms with E-state index in [0.29, 0.717) is 0 Å². The SMILES string of the molecule is CNc1cc(Nc2ccc(Br)c(C)c2)ncn1. The molecule has 0 saturated heterocycles. The minimum absolute atomic E-state index is 0.770. The van der Waals surface area contributed by atoms with Crippen molar-refractivity contribution in [1.82, 2.24) is 9.97 Å². The van der Waals surface area contributed by atoms with Gasteiger partial charge in [-0.3, -0.25) is 0 Å². The van der Waals surface area contributed by atoms with E-state index < -0.39 is 0 Å². The Bertz CT molecular complexity index is 528. The molecule has 1 aromatic heterocycles. The molecular formula is C12H13BrN4. The van der Waals surface area contributed by atoms with Crippen molar-refractivity contribution in [3.8, 4) is 0 Å². The highest BCUT2D eigenvalue weighted by Gasteiger charge is 2.00. The Kier molecular flexibility index (Phi) is 3.58. The number of nitrogens with one attached hydrogen (secondary N) is 2. The lowest BCUT2D eigenvalue weighted by Gasteiger charge is -2.08. The topological polar surface area (TPSA) is 49.8 Å². The van der Waals surface area contributed by atoms with Gasteiger partial charge < -0.3 is 10.6 Å². The number of benzene rings is 1. The second-order valence-electron chi connectivity index (χ2n) is 3.63. The molecule has 0 aliphatic heterocycles. The van der Waals surface area contributed by atoms with Crippen molar-refractivity contribution in [1.29, 1.82) is 0 Å². The molecule has 0 aliphatic rings. The maximum Gasteiger partial charge on any atom is 0.135 e.